The van der Waals surface area contributed by atoms with Crippen molar-refractivity contribution in [2.45, 2.75) is 0 Å². The predicted octanol–water partition coefficient (Wildman–Crippen LogP) is 3.51. The van der Waals surface area contributed by atoms with Crippen LogP contribution in [0.1, 0.15) is 10.5 Å². The van der Waals surface area contributed by atoms with Crippen molar-refractivity contribution in [2.24, 2.45) is 0 Å². The lowest BCUT2D eigenvalue weighted by Crippen LogP contribution is -2.12. The van der Waals surface area contributed by atoms with Gasteiger partial charge in [0.2, 0.25) is 0 Å². The third kappa shape index (κ3) is 3.18. The molecule has 25 heavy (non-hydrogen) atoms. The van der Waals surface area contributed by atoms with Crippen LogP contribution in [0, 0.1) is 0 Å². The van der Waals surface area contributed by atoms with Gasteiger partial charge in [-0.15, -0.1) is 0 Å². The van der Waals surface area contributed by atoms with E-state index < -0.39 is 0 Å². The molecule has 122 valence electrons. The third-order valence-electron chi connectivity index (χ3n) is 3.82. The number of nitrogens with one attached hydrogen (secondary N) is 2. The average molecular weight is 329 g/mol. The minimum atomic E-state index is -0.231. The van der Waals surface area contributed by atoms with Crippen LogP contribution in [0.25, 0.3) is 16.9 Å². The highest BCUT2D eigenvalue weighted by molar-refractivity contribution is 6.03. The zero-order valence-corrected chi connectivity index (χ0v) is 13.3. The highest BCUT2D eigenvalue weighted by atomic mass is 16.1. The molecule has 0 bridgehead atoms. The Balaban J connectivity index is 1.48. The molecule has 4 rings (SSSR count). The summed E-state index contributed by atoms with van der Waals surface area (Å²) in [5.41, 5.74) is 3.80. The number of imidazole rings is 1. The summed E-state index contributed by atoms with van der Waals surface area (Å²) in [6.45, 7) is 0. The molecule has 0 saturated heterocycles. The molecule has 0 unspecified atom stereocenters. The second kappa shape index (κ2) is 6.45. The minimum absolute atomic E-state index is 0.231. The van der Waals surface area contributed by atoms with Gasteiger partial charge in [-0.05, 0) is 30.3 Å². The first kappa shape index (κ1) is 14.9. The summed E-state index contributed by atoms with van der Waals surface area (Å²) in [6, 6.07) is 19.0. The maximum Gasteiger partial charge on any atom is 0.273 e. The van der Waals surface area contributed by atoms with Gasteiger partial charge in [0, 0.05) is 29.3 Å². The zero-order valence-electron chi connectivity index (χ0n) is 13.3. The Hall–Kier alpha value is -3.67. The molecule has 1 amide bonds. The van der Waals surface area contributed by atoms with Gasteiger partial charge < -0.3 is 9.88 Å². The Morgan fingerprint density at radius 1 is 1.04 bits per heavy atom. The predicted molar refractivity (Wildman–Crippen MR) is 95.5 cm³/mol. The van der Waals surface area contributed by atoms with Crippen LogP contribution in [0.4, 0.5) is 5.69 Å². The molecule has 2 heterocycles. The maximum atomic E-state index is 12.4. The Bertz CT molecular complexity index is 972. The monoisotopic (exact) mass is 329 g/mol. The van der Waals surface area contributed by atoms with E-state index in [1.165, 1.54) is 0 Å². The van der Waals surface area contributed by atoms with E-state index in [2.05, 4.69) is 20.5 Å². The van der Waals surface area contributed by atoms with Gasteiger partial charge in [-0.1, -0.05) is 30.3 Å². The standard InChI is InChI=1S/C19H15N5O/c25-19(18-12-17(22-23-18)14-4-2-1-3-5-14)21-15-6-8-16(9-7-15)24-11-10-20-13-24/h1-13H,(H,21,25)(H,22,23). The van der Waals surface area contributed by atoms with E-state index in [1.54, 1.807) is 18.6 Å². The molecule has 0 radical (unpaired) electrons. The number of anilines is 1. The molecule has 0 aliphatic carbocycles. The Kier molecular flexibility index (Phi) is 3.84. The fourth-order valence-electron chi connectivity index (χ4n) is 2.52. The maximum absolute atomic E-state index is 12.4. The van der Waals surface area contributed by atoms with Crippen LogP contribution >= 0.6 is 0 Å². The van der Waals surface area contributed by atoms with E-state index in [1.807, 2.05) is 65.4 Å². The van der Waals surface area contributed by atoms with Crippen molar-refractivity contribution in [3.05, 3.63) is 85.1 Å². The molecule has 4 aromatic rings. The molecule has 2 aromatic heterocycles. The van der Waals surface area contributed by atoms with Crippen LogP contribution in [0.15, 0.2) is 79.4 Å². The van der Waals surface area contributed by atoms with Crippen molar-refractivity contribution < 1.29 is 4.79 Å². The van der Waals surface area contributed by atoms with Crippen molar-refractivity contribution in [1.82, 2.24) is 19.7 Å². The molecular formula is C19H15N5O. The van der Waals surface area contributed by atoms with Gasteiger partial charge in [-0.25, -0.2) is 4.98 Å². The Morgan fingerprint density at radius 2 is 1.84 bits per heavy atom. The SMILES string of the molecule is O=C(Nc1ccc(-n2ccnc2)cc1)c1cc(-c2ccccc2)n[nH]1. The van der Waals surface area contributed by atoms with Gasteiger partial charge in [0.05, 0.1) is 12.0 Å². The summed E-state index contributed by atoms with van der Waals surface area (Å²) in [7, 11) is 0. The fraction of sp³-hybridized carbons (Fsp3) is 0. The number of aromatic nitrogens is 4. The molecule has 0 fully saturated rings. The van der Waals surface area contributed by atoms with Gasteiger partial charge in [0.1, 0.15) is 5.69 Å². The quantitative estimate of drug-likeness (QED) is 0.601. The number of hydrogen-bond donors (Lipinski definition) is 2. The van der Waals surface area contributed by atoms with Crippen LogP contribution in [0.5, 0.6) is 0 Å². The summed E-state index contributed by atoms with van der Waals surface area (Å²) in [6.07, 6.45) is 5.31. The van der Waals surface area contributed by atoms with E-state index in [0.717, 1.165) is 16.9 Å². The van der Waals surface area contributed by atoms with Gasteiger partial charge in [-0.2, -0.15) is 5.10 Å². The summed E-state index contributed by atoms with van der Waals surface area (Å²) < 4.78 is 1.90. The zero-order chi connectivity index (χ0) is 17.1. The first-order chi connectivity index (χ1) is 12.3. The molecular weight excluding hydrogens is 314 g/mol. The molecule has 2 aromatic carbocycles. The second-order valence-electron chi connectivity index (χ2n) is 5.50. The van der Waals surface area contributed by atoms with E-state index >= 15 is 0 Å². The number of amides is 1. The molecule has 6 nitrogen and oxygen atoms in total. The van der Waals surface area contributed by atoms with E-state index in [0.29, 0.717) is 11.4 Å². The summed E-state index contributed by atoms with van der Waals surface area (Å²) in [5.74, 6) is -0.231. The van der Waals surface area contributed by atoms with Crippen molar-refractivity contribution >= 4 is 11.6 Å². The minimum Gasteiger partial charge on any atom is -0.321 e. The normalized spacial score (nSPS) is 10.6. The Labute approximate surface area is 144 Å². The van der Waals surface area contributed by atoms with Crippen LogP contribution in [0.3, 0.4) is 0 Å². The first-order valence-corrected chi connectivity index (χ1v) is 7.80. The number of benzene rings is 2. The molecule has 0 saturated carbocycles. The van der Waals surface area contributed by atoms with E-state index in [9.17, 15) is 4.79 Å². The average Bonchev–Trinajstić information content (AvgIpc) is 3.35. The molecule has 2 N–H and O–H groups in total. The molecule has 6 heteroatoms. The molecule has 0 aliphatic rings. The number of H-pyrrole nitrogens is 1. The van der Waals surface area contributed by atoms with E-state index in [-0.39, 0.29) is 5.91 Å². The van der Waals surface area contributed by atoms with Crippen LogP contribution in [0.2, 0.25) is 0 Å². The summed E-state index contributed by atoms with van der Waals surface area (Å²) in [4.78, 5) is 16.4. The van der Waals surface area contributed by atoms with Crippen molar-refractivity contribution in [2.75, 3.05) is 5.32 Å². The van der Waals surface area contributed by atoms with Crippen LogP contribution < -0.4 is 5.32 Å². The summed E-state index contributed by atoms with van der Waals surface area (Å²) in [5, 5.41) is 9.84. The second-order valence-corrected chi connectivity index (χ2v) is 5.50. The van der Waals surface area contributed by atoms with E-state index in [4.69, 9.17) is 0 Å². The number of carbonyl (C=O) groups is 1. The highest BCUT2D eigenvalue weighted by Crippen LogP contribution is 2.18. The topological polar surface area (TPSA) is 75.6 Å². The van der Waals surface area contributed by atoms with Gasteiger partial charge in [0.25, 0.3) is 5.91 Å². The Morgan fingerprint density at radius 3 is 2.56 bits per heavy atom. The van der Waals surface area contributed by atoms with Crippen molar-refractivity contribution in [3.63, 3.8) is 0 Å². The lowest BCUT2D eigenvalue weighted by Gasteiger charge is -2.06. The van der Waals surface area contributed by atoms with Gasteiger partial charge >= 0.3 is 0 Å². The van der Waals surface area contributed by atoms with Crippen molar-refractivity contribution in [3.8, 4) is 16.9 Å². The number of hydrogen-bond acceptors (Lipinski definition) is 3. The third-order valence-corrected chi connectivity index (χ3v) is 3.82. The largest absolute Gasteiger partial charge is 0.321 e. The van der Waals surface area contributed by atoms with Gasteiger partial charge in [0.15, 0.2) is 0 Å². The molecule has 0 atom stereocenters. The number of rotatable bonds is 4. The lowest BCUT2D eigenvalue weighted by atomic mass is 10.1. The number of carbonyl (C=O) groups excluding carboxylic acids is 1. The van der Waals surface area contributed by atoms with Crippen LogP contribution in [-0.4, -0.2) is 25.7 Å². The van der Waals surface area contributed by atoms with Gasteiger partial charge in [-0.3, -0.25) is 9.89 Å². The highest BCUT2D eigenvalue weighted by Gasteiger charge is 2.11. The molecule has 0 spiro atoms. The smallest absolute Gasteiger partial charge is 0.273 e. The number of nitrogens with zero attached hydrogens (tertiary/aromatic N) is 3. The molecule has 0 aliphatic heterocycles. The lowest BCUT2D eigenvalue weighted by molar-refractivity contribution is 0.102. The van der Waals surface area contributed by atoms with Crippen molar-refractivity contribution in [1.29, 1.82) is 0 Å². The first-order valence-electron chi connectivity index (χ1n) is 7.80. The number of aromatic amines is 1. The fourth-order valence-corrected chi connectivity index (χ4v) is 2.52. The van der Waals surface area contributed by atoms with Crippen LogP contribution in [-0.2, 0) is 0 Å². The summed E-state index contributed by atoms with van der Waals surface area (Å²) >= 11 is 0.